The predicted molar refractivity (Wildman–Crippen MR) is 63.6 cm³/mol. The van der Waals surface area contributed by atoms with Crippen LogP contribution in [-0.4, -0.2) is 53.3 Å². The van der Waals surface area contributed by atoms with Crippen LogP contribution in [0.15, 0.2) is 18.4 Å². The van der Waals surface area contributed by atoms with Crippen LogP contribution in [-0.2, 0) is 0 Å². The highest BCUT2D eigenvalue weighted by Crippen LogP contribution is 2.23. The first-order valence-corrected chi connectivity index (χ1v) is 5.48. The molecular weight excluding hydrogens is 202 g/mol. The quantitative estimate of drug-likeness (QED) is 0.766. The number of nitrogens with one attached hydrogen (secondary N) is 1. The second kappa shape index (κ2) is 3.75. The van der Waals surface area contributed by atoms with Gasteiger partial charge in [0.25, 0.3) is 0 Å². The predicted octanol–water partition coefficient (Wildman–Crippen LogP) is 0.710. The lowest BCUT2D eigenvalue weighted by molar-refractivity contribution is 0.312. The Morgan fingerprint density at radius 1 is 1.38 bits per heavy atom. The Bertz CT molecular complexity index is 530. The molecule has 0 spiro atoms. The number of pyridine rings is 1. The van der Waals surface area contributed by atoms with Crippen LogP contribution in [0.5, 0.6) is 0 Å². The number of aromatic nitrogens is 3. The molecule has 1 N–H and O–H groups in total. The molecule has 1 fully saturated rings. The smallest absolute Gasteiger partial charge is 0.159 e. The van der Waals surface area contributed by atoms with E-state index in [9.17, 15) is 0 Å². The molecule has 2 aromatic heterocycles. The molecule has 84 valence electrons. The number of hydrogen-bond acceptors (Lipinski definition) is 4. The molecule has 0 bridgehead atoms. The van der Waals surface area contributed by atoms with E-state index in [0.29, 0.717) is 0 Å². The van der Waals surface area contributed by atoms with Crippen LogP contribution in [0.4, 0.5) is 5.82 Å². The minimum absolute atomic E-state index is 0.270. The van der Waals surface area contributed by atoms with E-state index < -0.39 is 0 Å². The second-order valence-corrected chi connectivity index (χ2v) is 4.20. The van der Waals surface area contributed by atoms with Gasteiger partial charge in [0.2, 0.25) is 0 Å². The van der Waals surface area contributed by atoms with Gasteiger partial charge in [-0.25, -0.2) is 0 Å². The van der Waals surface area contributed by atoms with Crippen LogP contribution in [0.1, 0.15) is 1.37 Å². The van der Waals surface area contributed by atoms with Gasteiger partial charge in [-0.2, -0.15) is 5.10 Å². The van der Waals surface area contributed by atoms with E-state index in [1.54, 1.807) is 12.3 Å². The summed E-state index contributed by atoms with van der Waals surface area (Å²) in [6.07, 6.45) is 2.00. The average molecular weight is 218 g/mol. The number of anilines is 1. The van der Waals surface area contributed by atoms with E-state index in [-0.39, 0.29) is 6.17 Å². The summed E-state index contributed by atoms with van der Waals surface area (Å²) in [5.74, 6) is 0.959. The fraction of sp³-hybridized carbons (Fsp3) is 0.455. The van der Waals surface area contributed by atoms with Crippen LogP contribution in [0, 0.1) is 0 Å². The van der Waals surface area contributed by atoms with Crippen molar-refractivity contribution in [1.82, 2.24) is 20.1 Å². The lowest BCUT2D eigenvalue weighted by Gasteiger charge is -2.32. The van der Waals surface area contributed by atoms with Crippen molar-refractivity contribution in [1.29, 1.82) is 0 Å². The first-order chi connectivity index (χ1) is 8.24. The molecule has 0 amide bonds. The molecule has 16 heavy (non-hydrogen) atoms. The van der Waals surface area contributed by atoms with Gasteiger partial charge in [0.1, 0.15) is 0 Å². The number of aromatic amines is 1. The summed E-state index contributed by atoms with van der Waals surface area (Å²) >= 11 is 0. The first kappa shape index (κ1) is 8.52. The Kier molecular flexibility index (Phi) is 2.00. The number of rotatable bonds is 1. The van der Waals surface area contributed by atoms with Crippen LogP contribution in [0.25, 0.3) is 10.9 Å². The van der Waals surface area contributed by atoms with Crippen molar-refractivity contribution in [2.45, 2.75) is 0 Å². The number of hydrogen-bond donors (Lipinski definition) is 1. The average Bonchev–Trinajstić information content (AvgIpc) is 2.73. The lowest BCUT2D eigenvalue weighted by atomic mass is 10.2. The van der Waals surface area contributed by atoms with Crippen LogP contribution >= 0.6 is 0 Å². The SMILES string of the molecule is [2H]c1cc2[nH]nc(N3CCN(C)CC3)c2cn1. The van der Waals surface area contributed by atoms with Gasteiger partial charge in [-0.15, -0.1) is 0 Å². The van der Waals surface area contributed by atoms with Crippen molar-refractivity contribution in [2.24, 2.45) is 0 Å². The summed E-state index contributed by atoms with van der Waals surface area (Å²) in [7, 11) is 2.13. The molecule has 0 atom stereocenters. The zero-order valence-corrected chi connectivity index (χ0v) is 9.27. The Labute approximate surface area is 95.5 Å². The molecule has 3 rings (SSSR count). The van der Waals surface area contributed by atoms with Gasteiger partial charge in [-0.1, -0.05) is 0 Å². The standard InChI is InChI=1S/C11H15N5/c1-15-4-6-16(7-5-15)11-9-8-12-3-2-10(9)13-14-11/h2-3,8H,4-7H2,1H3,(H,13,14)/i3D. The second-order valence-electron chi connectivity index (χ2n) is 4.20. The van der Waals surface area contributed by atoms with Gasteiger partial charge in [0.05, 0.1) is 12.3 Å². The van der Waals surface area contributed by atoms with Gasteiger partial charge in [0.15, 0.2) is 5.82 Å². The highest BCUT2D eigenvalue weighted by molar-refractivity contribution is 5.89. The summed E-state index contributed by atoms with van der Waals surface area (Å²) in [6, 6.07) is 1.71. The Balaban J connectivity index is 1.95. The Morgan fingerprint density at radius 2 is 2.19 bits per heavy atom. The lowest BCUT2D eigenvalue weighted by Crippen LogP contribution is -2.44. The molecule has 3 heterocycles. The molecule has 1 saturated heterocycles. The minimum Gasteiger partial charge on any atom is -0.352 e. The monoisotopic (exact) mass is 218 g/mol. The van der Waals surface area contributed by atoms with Gasteiger partial charge < -0.3 is 9.80 Å². The van der Waals surface area contributed by atoms with Crippen molar-refractivity contribution in [3.05, 3.63) is 18.4 Å². The number of nitrogens with zero attached hydrogens (tertiary/aromatic N) is 4. The number of piperazine rings is 1. The molecule has 1 aliphatic rings. The van der Waals surface area contributed by atoms with Crippen LogP contribution in [0.3, 0.4) is 0 Å². The maximum atomic E-state index is 7.48. The van der Waals surface area contributed by atoms with E-state index in [4.69, 9.17) is 1.37 Å². The maximum Gasteiger partial charge on any atom is 0.159 e. The molecule has 0 aromatic carbocycles. The number of H-pyrrole nitrogens is 1. The maximum absolute atomic E-state index is 7.48. The van der Waals surface area contributed by atoms with E-state index in [0.717, 1.165) is 42.9 Å². The van der Waals surface area contributed by atoms with Crippen LogP contribution < -0.4 is 4.90 Å². The molecule has 0 saturated carbocycles. The zero-order chi connectivity index (χ0) is 11.8. The number of fused-ring (bicyclic) bond motifs is 1. The third-order valence-electron chi connectivity index (χ3n) is 3.09. The fourth-order valence-corrected chi connectivity index (χ4v) is 2.05. The molecule has 0 radical (unpaired) electrons. The Hall–Kier alpha value is -1.62. The van der Waals surface area contributed by atoms with E-state index >= 15 is 0 Å². The Morgan fingerprint density at radius 3 is 3.00 bits per heavy atom. The molecule has 0 aliphatic carbocycles. The third kappa shape index (κ3) is 1.53. The molecule has 5 nitrogen and oxygen atoms in total. The zero-order valence-electron chi connectivity index (χ0n) is 10.3. The van der Waals surface area contributed by atoms with Gasteiger partial charge in [0, 0.05) is 38.5 Å². The van der Waals surface area contributed by atoms with Crippen molar-refractivity contribution in [3.63, 3.8) is 0 Å². The molecule has 5 heteroatoms. The molecule has 1 aliphatic heterocycles. The summed E-state index contributed by atoms with van der Waals surface area (Å²) in [4.78, 5) is 8.60. The molecule has 2 aromatic rings. The summed E-state index contributed by atoms with van der Waals surface area (Å²) in [6.45, 7) is 4.08. The minimum atomic E-state index is 0.270. The largest absolute Gasteiger partial charge is 0.352 e. The summed E-state index contributed by atoms with van der Waals surface area (Å²) in [5.41, 5.74) is 0.888. The van der Waals surface area contributed by atoms with E-state index in [1.165, 1.54) is 0 Å². The summed E-state index contributed by atoms with van der Waals surface area (Å²) in [5, 5.41) is 8.32. The molecule has 0 unspecified atom stereocenters. The van der Waals surface area contributed by atoms with Gasteiger partial charge >= 0.3 is 0 Å². The topological polar surface area (TPSA) is 48.1 Å². The molecular formula is C11H15N5. The third-order valence-corrected chi connectivity index (χ3v) is 3.09. The fourth-order valence-electron chi connectivity index (χ4n) is 2.05. The van der Waals surface area contributed by atoms with Crippen LogP contribution in [0.2, 0.25) is 0 Å². The van der Waals surface area contributed by atoms with Gasteiger partial charge in [-0.05, 0) is 13.1 Å². The van der Waals surface area contributed by atoms with Gasteiger partial charge in [-0.3, -0.25) is 10.1 Å². The highest BCUT2D eigenvalue weighted by Gasteiger charge is 2.18. The summed E-state index contributed by atoms with van der Waals surface area (Å²) < 4.78 is 7.48. The van der Waals surface area contributed by atoms with Crippen molar-refractivity contribution < 1.29 is 1.37 Å². The highest BCUT2D eigenvalue weighted by atomic mass is 15.3. The van der Waals surface area contributed by atoms with Crippen molar-refractivity contribution in [2.75, 3.05) is 38.1 Å². The number of likely N-dealkylation sites (N-methyl/N-ethyl adjacent to an activating group) is 1. The first-order valence-electron chi connectivity index (χ1n) is 5.98. The van der Waals surface area contributed by atoms with Crippen molar-refractivity contribution in [3.8, 4) is 0 Å². The normalized spacial score (nSPS) is 19.1. The van der Waals surface area contributed by atoms with Crippen molar-refractivity contribution >= 4 is 16.7 Å². The van der Waals surface area contributed by atoms with E-state index in [2.05, 4.69) is 32.0 Å². The van der Waals surface area contributed by atoms with E-state index in [1.807, 2.05) is 0 Å².